The summed E-state index contributed by atoms with van der Waals surface area (Å²) in [6, 6.07) is 5.73. The molecule has 0 aromatic heterocycles. The molecule has 1 aromatic carbocycles. The van der Waals surface area contributed by atoms with Gasteiger partial charge in [-0.3, -0.25) is 4.79 Å². The zero-order chi connectivity index (χ0) is 10.7. The second kappa shape index (κ2) is 4.47. The summed E-state index contributed by atoms with van der Waals surface area (Å²) in [6.45, 7) is 2.73. The van der Waals surface area contributed by atoms with Gasteiger partial charge in [-0.05, 0) is 37.8 Å². The van der Waals surface area contributed by atoms with E-state index in [-0.39, 0.29) is 0 Å². The van der Waals surface area contributed by atoms with Crippen LogP contribution in [0.1, 0.15) is 35.2 Å². The van der Waals surface area contributed by atoms with E-state index in [0.717, 1.165) is 24.2 Å². The van der Waals surface area contributed by atoms with Crippen LogP contribution in [0.4, 0.5) is 0 Å². The molecule has 1 aliphatic carbocycles. The average Bonchev–Trinajstić information content (AvgIpc) is 2.17. The number of ether oxygens (including phenoxy) is 1. The van der Waals surface area contributed by atoms with Crippen molar-refractivity contribution in [3.63, 3.8) is 0 Å². The van der Waals surface area contributed by atoms with Crippen molar-refractivity contribution in [3.05, 3.63) is 29.3 Å². The van der Waals surface area contributed by atoms with E-state index in [9.17, 15) is 4.79 Å². The first-order valence-electron chi connectivity index (χ1n) is 5.48. The maximum atomic E-state index is 10.8. The Balaban J connectivity index is 2.02. The largest absolute Gasteiger partial charge is 0.493 e. The number of hydrogen-bond acceptors (Lipinski definition) is 2. The van der Waals surface area contributed by atoms with E-state index in [1.54, 1.807) is 0 Å². The van der Waals surface area contributed by atoms with Crippen LogP contribution in [0.3, 0.4) is 0 Å². The minimum atomic E-state index is 0.661. The predicted octanol–water partition coefficient (Wildman–Crippen LogP) is 2.99. The highest BCUT2D eigenvalue weighted by atomic mass is 16.5. The predicted molar refractivity (Wildman–Crippen MR) is 59.4 cm³/mol. The van der Waals surface area contributed by atoms with Crippen molar-refractivity contribution in [3.8, 4) is 5.75 Å². The van der Waals surface area contributed by atoms with Crippen molar-refractivity contribution in [1.82, 2.24) is 0 Å². The second-order valence-electron chi connectivity index (χ2n) is 4.27. The molecule has 0 unspecified atom stereocenters. The third-order valence-corrected chi connectivity index (χ3v) is 2.99. The Bertz CT molecular complexity index is 354. The van der Waals surface area contributed by atoms with Crippen LogP contribution in [0.15, 0.2) is 18.2 Å². The van der Waals surface area contributed by atoms with E-state index in [0.29, 0.717) is 11.5 Å². The first kappa shape index (κ1) is 10.2. The van der Waals surface area contributed by atoms with E-state index >= 15 is 0 Å². The van der Waals surface area contributed by atoms with Crippen LogP contribution in [0.2, 0.25) is 0 Å². The van der Waals surface area contributed by atoms with Crippen LogP contribution in [0, 0.1) is 12.8 Å². The Morgan fingerprint density at radius 1 is 1.47 bits per heavy atom. The molecular weight excluding hydrogens is 188 g/mol. The molecule has 0 amide bonds. The van der Waals surface area contributed by atoms with Crippen LogP contribution in [0.25, 0.3) is 0 Å². The molecule has 0 saturated heterocycles. The first-order chi connectivity index (χ1) is 7.29. The molecule has 0 N–H and O–H groups in total. The molecule has 0 aliphatic heterocycles. The molecule has 80 valence electrons. The summed E-state index contributed by atoms with van der Waals surface area (Å²) >= 11 is 0. The summed E-state index contributed by atoms with van der Waals surface area (Å²) in [5, 5.41) is 0. The molecule has 2 rings (SSSR count). The molecule has 15 heavy (non-hydrogen) atoms. The molecule has 0 heterocycles. The standard InChI is InChI=1S/C13H16O2/c1-10-5-6-13(12(7-10)8-14)15-9-11-3-2-4-11/h5-8,11H,2-4,9H2,1H3. The van der Waals surface area contributed by atoms with Gasteiger partial charge in [-0.2, -0.15) is 0 Å². The fourth-order valence-corrected chi connectivity index (χ4v) is 1.76. The van der Waals surface area contributed by atoms with Crippen molar-refractivity contribution in [2.75, 3.05) is 6.61 Å². The maximum Gasteiger partial charge on any atom is 0.153 e. The van der Waals surface area contributed by atoms with Gasteiger partial charge in [-0.15, -0.1) is 0 Å². The number of aldehydes is 1. The lowest BCUT2D eigenvalue weighted by Crippen LogP contribution is -2.19. The second-order valence-corrected chi connectivity index (χ2v) is 4.27. The Hall–Kier alpha value is -1.31. The van der Waals surface area contributed by atoms with Crippen molar-refractivity contribution in [1.29, 1.82) is 0 Å². The van der Waals surface area contributed by atoms with Crippen molar-refractivity contribution in [2.24, 2.45) is 5.92 Å². The zero-order valence-corrected chi connectivity index (χ0v) is 9.03. The van der Waals surface area contributed by atoms with Gasteiger partial charge in [0.05, 0.1) is 12.2 Å². The summed E-state index contributed by atoms with van der Waals surface area (Å²) < 4.78 is 5.66. The molecule has 1 aromatic rings. The molecule has 1 fully saturated rings. The molecule has 0 spiro atoms. The van der Waals surface area contributed by atoms with Crippen molar-refractivity contribution < 1.29 is 9.53 Å². The molecule has 0 atom stereocenters. The average molecular weight is 204 g/mol. The van der Waals surface area contributed by atoms with Gasteiger partial charge < -0.3 is 4.74 Å². The molecular formula is C13H16O2. The highest BCUT2D eigenvalue weighted by molar-refractivity contribution is 5.79. The van der Waals surface area contributed by atoms with Gasteiger partial charge in [0.15, 0.2) is 6.29 Å². The number of rotatable bonds is 4. The van der Waals surface area contributed by atoms with E-state index < -0.39 is 0 Å². The third-order valence-electron chi connectivity index (χ3n) is 2.99. The van der Waals surface area contributed by atoms with Crippen LogP contribution < -0.4 is 4.74 Å². The lowest BCUT2D eigenvalue weighted by Gasteiger charge is -2.25. The van der Waals surface area contributed by atoms with E-state index in [4.69, 9.17) is 4.74 Å². The summed E-state index contributed by atoms with van der Waals surface area (Å²) in [7, 11) is 0. The SMILES string of the molecule is Cc1ccc(OCC2CCC2)c(C=O)c1. The quantitative estimate of drug-likeness (QED) is 0.705. The van der Waals surface area contributed by atoms with Crippen molar-refractivity contribution in [2.45, 2.75) is 26.2 Å². The van der Waals surface area contributed by atoms with Crippen LogP contribution in [-0.2, 0) is 0 Å². The molecule has 2 nitrogen and oxygen atoms in total. The van der Waals surface area contributed by atoms with Crippen LogP contribution in [0.5, 0.6) is 5.75 Å². The highest BCUT2D eigenvalue weighted by Gasteiger charge is 2.18. The smallest absolute Gasteiger partial charge is 0.153 e. The number of hydrogen-bond donors (Lipinski definition) is 0. The van der Waals surface area contributed by atoms with Gasteiger partial charge in [-0.25, -0.2) is 0 Å². The number of benzene rings is 1. The van der Waals surface area contributed by atoms with Gasteiger partial charge in [0.1, 0.15) is 5.75 Å². The van der Waals surface area contributed by atoms with Crippen LogP contribution >= 0.6 is 0 Å². The molecule has 1 aliphatic rings. The molecule has 2 heteroatoms. The van der Waals surface area contributed by atoms with Gasteiger partial charge in [0.2, 0.25) is 0 Å². The monoisotopic (exact) mass is 204 g/mol. The van der Waals surface area contributed by atoms with E-state index in [1.165, 1.54) is 19.3 Å². The lowest BCUT2D eigenvalue weighted by molar-refractivity contribution is 0.111. The topological polar surface area (TPSA) is 26.3 Å². The summed E-state index contributed by atoms with van der Waals surface area (Å²) in [5.74, 6) is 1.42. The zero-order valence-electron chi connectivity index (χ0n) is 9.03. The normalized spacial score (nSPS) is 15.8. The number of carbonyl (C=O) groups is 1. The fourth-order valence-electron chi connectivity index (χ4n) is 1.76. The maximum absolute atomic E-state index is 10.8. The molecule has 0 bridgehead atoms. The van der Waals surface area contributed by atoms with Gasteiger partial charge in [0, 0.05) is 0 Å². The summed E-state index contributed by atoms with van der Waals surface area (Å²) in [6.07, 6.45) is 4.72. The Labute approximate surface area is 90.3 Å². The fraction of sp³-hybridized carbons (Fsp3) is 0.462. The first-order valence-corrected chi connectivity index (χ1v) is 5.48. The van der Waals surface area contributed by atoms with Gasteiger partial charge in [-0.1, -0.05) is 18.1 Å². The Kier molecular flexibility index (Phi) is 3.05. The lowest BCUT2D eigenvalue weighted by atomic mass is 9.86. The Morgan fingerprint density at radius 3 is 2.87 bits per heavy atom. The van der Waals surface area contributed by atoms with Gasteiger partial charge in [0.25, 0.3) is 0 Å². The number of carbonyl (C=O) groups excluding carboxylic acids is 1. The molecule has 0 radical (unpaired) electrons. The van der Waals surface area contributed by atoms with Crippen LogP contribution in [-0.4, -0.2) is 12.9 Å². The number of aryl methyl sites for hydroxylation is 1. The third kappa shape index (κ3) is 2.38. The Morgan fingerprint density at radius 2 is 2.27 bits per heavy atom. The van der Waals surface area contributed by atoms with E-state index in [1.807, 2.05) is 25.1 Å². The van der Waals surface area contributed by atoms with Gasteiger partial charge >= 0.3 is 0 Å². The summed E-state index contributed by atoms with van der Waals surface area (Å²) in [5.41, 5.74) is 1.75. The van der Waals surface area contributed by atoms with Crippen molar-refractivity contribution >= 4 is 6.29 Å². The summed E-state index contributed by atoms with van der Waals surface area (Å²) in [4.78, 5) is 10.8. The minimum Gasteiger partial charge on any atom is -0.493 e. The molecule has 1 saturated carbocycles. The minimum absolute atomic E-state index is 0.661. The van der Waals surface area contributed by atoms with E-state index in [2.05, 4.69) is 0 Å². The highest BCUT2D eigenvalue weighted by Crippen LogP contribution is 2.28.